The Labute approximate surface area is 120 Å². The maximum absolute atomic E-state index is 13.2. The van der Waals surface area contributed by atoms with Gasteiger partial charge in [0.05, 0.1) is 18.7 Å². The molecule has 0 fully saturated rings. The van der Waals surface area contributed by atoms with Crippen LogP contribution in [-0.4, -0.2) is 20.9 Å². The van der Waals surface area contributed by atoms with Crippen LogP contribution in [0.3, 0.4) is 0 Å². The molecule has 0 aliphatic rings. The summed E-state index contributed by atoms with van der Waals surface area (Å²) in [5.74, 6) is -1.27. The second kappa shape index (κ2) is 5.63. The van der Waals surface area contributed by atoms with Gasteiger partial charge in [-0.2, -0.15) is 5.10 Å². The number of carboxylic acids is 1. The van der Waals surface area contributed by atoms with Gasteiger partial charge in [0, 0.05) is 16.3 Å². The monoisotopic (exact) mass is 296 g/mol. The van der Waals surface area contributed by atoms with Crippen LogP contribution in [0.15, 0.2) is 18.2 Å². The zero-order valence-electron chi connectivity index (χ0n) is 11.2. The highest BCUT2D eigenvalue weighted by molar-refractivity contribution is 6.31. The van der Waals surface area contributed by atoms with E-state index in [2.05, 4.69) is 5.10 Å². The van der Waals surface area contributed by atoms with Gasteiger partial charge in [0.25, 0.3) is 0 Å². The number of aryl methyl sites for hydroxylation is 1. The summed E-state index contributed by atoms with van der Waals surface area (Å²) in [7, 11) is 0. The topological polar surface area (TPSA) is 55.1 Å². The number of rotatable bonds is 4. The Balaban J connectivity index is 2.35. The van der Waals surface area contributed by atoms with Gasteiger partial charge in [0.1, 0.15) is 5.82 Å². The van der Waals surface area contributed by atoms with Crippen LogP contribution in [0.1, 0.15) is 22.5 Å². The highest BCUT2D eigenvalue weighted by Gasteiger charge is 2.15. The van der Waals surface area contributed by atoms with Crippen LogP contribution in [0, 0.1) is 19.7 Å². The van der Waals surface area contributed by atoms with Crippen molar-refractivity contribution in [3.8, 4) is 0 Å². The van der Waals surface area contributed by atoms with Gasteiger partial charge in [-0.25, -0.2) is 4.39 Å². The summed E-state index contributed by atoms with van der Waals surface area (Å²) in [6, 6.07) is 4.15. The minimum atomic E-state index is -0.903. The number of aromatic nitrogens is 2. The number of hydrogen-bond donors (Lipinski definition) is 1. The summed E-state index contributed by atoms with van der Waals surface area (Å²) in [5, 5.41) is 13.6. The highest BCUT2D eigenvalue weighted by atomic mass is 35.5. The number of hydrogen-bond acceptors (Lipinski definition) is 2. The Morgan fingerprint density at radius 3 is 2.80 bits per heavy atom. The van der Waals surface area contributed by atoms with Crippen LogP contribution < -0.4 is 0 Å². The van der Waals surface area contributed by atoms with Crippen LogP contribution in [0.25, 0.3) is 0 Å². The van der Waals surface area contributed by atoms with Crippen molar-refractivity contribution in [2.24, 2.45) is 0 Å². The Bertz CT molecular complexity index is 667. The number of halogens is 2. The molecule has 1 aromatic heterocycles. The minimum Gasteiger partial charge on any atom is -0.481 e. The fourth-order valence-electron chi connectivity index (χ4n) is 2.12. The Kier molecular flexibility index (Phi) is 4.09. The average molecular weight is 297 g/mol. The lowest BCUT2D eigenvalue weighted by Crippen LogP contribution is -2.06. The van der Waals surface area contributed by atoms with E-state index in [4.69, 9.17) is 16.7 Å². The molecule has 106 valence electrons. The first-order chi connectivity index (χ1) is 9.38. The van der Waals surface area contributed by atoms with Crippen molar-refractivity contribution >= 4 is 17.6 Å². The third-order valence-corrected chi connectivity index (χ3v) is 3.56. The second-order valence-corrected chi connectivity index (χ2v) is 5.02. The SMILES string of the molecule is Cc1nn(Cc2cc(F)ccc2Cl)c(C)c1CC(=O)O. The largest absolute Gasteiger partial charge is 0.481 e. The highest BCUT2D eigenvalue weighted by Crippen LogP contribution is 2.21. The van der Waals surface area contributed by atoms with E-state index in [1.54, 1.807) is 18.5 Å². The van der Waals surface area contributed by atoms with Gasteiger partial charge >= 0.3 is 5.97 Å². The minimum absolute atomic E-state index is 0.0749. The van der Waals surface area contributed by atoms with E-state index in [1.807, 2.05) is 0 Å². The van der Waals surface area contributed by atoms with Crippen LogP contribution in [-0.2, 0) is 17.8 Å². The Morgan fingerprint density at radius 2 is 2.15 bits per heavy atom. The fraction of sp³-hybridized carbons (Fsp3) is 0.286. The first kappa shape index (κ1) is 14.5. The number of aliphatic carboxylic acids is 1. The van der Waals surface area contributed by atoms with E-state index in [1.165, 1.54) is 18.2 Å². The lowest BCUT2D eigenvalue weighted by Gasteiger charge is -2.07. The Morgan fingerprint density at radius 1 is 1.45 bits per heavy atom. The van der Waals surface area contributed by atoms with Gasteiger partial charge in [-0.3, -0.25) is 9.48 Å². The zero-order chi connectivity index (χ0) is 14.9. The first-order valence-corrected chi connectivity index (χ1v) is 6.45. The molecule has 0 saturated carbocycles. The van der Waals surface area contributed by atoms with Gasteiger partial charge in [0.15, 0.2) is 0 Å². The molecule has 0 saturated heterocycles. The van der Waals surface area contributed by atoms with Crippen LogP contribution >= 0.6 is 11.6 Å². The molecule has 0 radical (unpaired) electrons. The van der Waals surface area contributed by atoms with E-state index in [0.717, 1.165) is 5.69 Å². The van der Waals surface area contributed by atoms with E-state index < -0.39 is 5.97 Å². The van der Waals surface area contributed by atoms with Crippen molar-refractivity contribution in [1.82, 2.24) is 9.78 Å². The smallest absolute Gasteiger partial charge is 0.307 e. The molecule has 6 heteroatoms. The van der Waals surface area contributed by atoms with Crippen LogP contribution in [0.5, 0.6) is 0 Å². The fourth-order valence-corrected chi connectivity index (χ4v) is 2.30. The molecule has 1 N–H and O–H groups in total. The molecule has 4 nitrogen and oxygen atoms in total. The molecule has 0 unspecified atom stereocenters. The Hall–Kier alpha value is -1.88. The maximum Gasteiger partial charge on any atom is 0.307 e. The molecule has 0 bridgehead atoms. The third kappa shape index (κ3) is 2.99. The number of carboxylic acid groups (broad SMARTS) is 1. The number of nitrogens with zero attached hydrogens (tertiary/aromatic N) is 2. The summed E-state index contributed by atoms with van der Waals surface area (Å²) in [6.45, 7) is 3.86. The van der Waals surface area contributed by atoms with Gasteiger partial charge in [-0.1, -0.05) is 11.6 Å². The summed E-state index contributed by atoms with van der Waals surface area (Å²) in [5.41, 5.74) is 2.71. The van der Waals surface area contributed by atoms with Gasteiger partial charge in [-0.05, 0) is 37.6 Å². The van der Waals surface area contributed by atoms with Crippen molar-refractivity contribution in [1.29, 1.82) is 0 Å². The summed E-state index contributed by atoms with van der Waals surface area (Å²) >= 11 is 6.03. The molecule has 2 rings (SSSR count). The summed E-state index contributed by atoms with van der Waals surface area (Å²) < 4.78 is 14.9. The van der Waals surface area contributed by atoms with E-state index in [9.17, 15) is 9.18 Å². The van der Waals surface area contributed by atoms with Crippen molar-refractivity contribution in [2.75, 3.05) is 0 Å². The lowest BCUT2D eigenvalue weighted by molar-refractivity contribution is -0.136. The first-order valence-electron chi connectivity index (χ1n) is 6.07. The van der Waals surface area contributed by atoms with Gasteiger partial charge < -0.3 is 5.11 Å². The standard InChI is InChI=1S/C14H14ClFN2O2/c1-8-12(6-14(19)20)9(2)18(17-8)7-10-5-11(16)3-4-13(10)15/h3-5H,6-7H2,1-2H3,(H,19,20). The lowest BCUT2D eigenvalue weighted by atomic mass is 10.1. The van der Waals surface area contributed by atoms with Crippen LogP contribution in [0.4, 0.5) is 4.39 Å². The van der Waals surface area contributed by atoms with Crippen LogP contribution in [0.2, 0.25) is 5.02 Å². The molecular weight excluding hydrogens is 283 g/mol. The molecule has 0 atom stereocenters. The normalized spacial score (nSPS) is 10.8. The van der Waals surface area contributed by atoms with Crippen molar-refractivity contribution in [3.63, 3.8) is 0 Å². The van der Waals surface area contributed by atoms with E-state index in [0.29, 0.717) is 28.4 Å². The molecular formula is C14H14ClFN2O2. The molecule has 0 aliphatic carbocycles. The molecule has 2 aromatic rings. The predicted molar refractivity (Wildman–Crippen MR) is 73.6 cm³/mol. The molecule has 1 aromatic carbocycles. The summed E-state index contributed by atoms with van der Waals surface area (Å²) in [6.07, 6.45) is -0.0749. The quantitative estimate of drug-likeness (QED) is 0.943. The molecule has 0 aliphatic heterocycles. The van der Waals surface area contributed by atoms with Crippen molar-refractivity contribution < 1.29 is 14.3 Å². The van der Waals surface area contributed by atoms with Gasteiger partial charge in [-0.15, -0.1) is 0 Å². The molecule has 1 heterocycles. The molecule has 0 amide bonds. The summed E-state index contributed by atoms with van der Waals surface area (Å²) in [4.78, 5) is 10.8. The number of carbonyl (C=O) groups is 1. The predicted octanol–water partition coefficient (Wildman–Crippen LogP) is 2.97. The zero-order valence-corrected chi connectivity index (χ0v) is 11.9. The molecule has 0 spiro atoms. The second-order valence-electron chi connectivity index (χ2n) is 4.61. The van der Waals surface area contributed by atoms with Crippen molar-refractivity contribution in [2.45, 2.75) is 26.8 Å². The van der Waals surface area contributed by atoms with Crippen molar-refractivity contribution in [3.05, 3.63) is 51.6 Å². The maximum atomic E-state index is 13.2. The average Bonchev–Trinajstić information content (AvgIpc) is 2.61. The van der Waals surface area contributed by atoms with E-state index in [-0.39, 0.29) is 12.2 Å². The van der Waals surface area contributed by atoms with E-state index >= 15 is 0 Å². The molecule has 20 heavy (non-hydrogen) atoms. The number of benzene rings is 1. The third-order valence-electron chi connectivity index (χ3n) is 3.19. The van der Waals surface area contributed by atoms with Gasteiger partial charge in [0.2, 0.25) is 0 Å².